The monoisotopic (exact) mass is 414 g/mol. The number of thiazole rings is 1. The summed E-state index contributed by atoms with van der Waals surface area (Å²) in [6, 6.07) is 9.55. The number of amides is 1. The number of rotatable bonds is 6. The molecule has 0 bridgehead atoms. The predicted molar refractivity (Wildman–Crippen MR) is 109 cm³/mol. The van der Waals surface area contributed by atoms with Crippen LogP contribution in [0.2, 0.25) is 0 Å². The van der Waals surface area contributed by atoms with Crippen LogP contribution in [0.5, 0.6) is 11.5 Å². The number of fused-ring (bicyclic) bond motifs is 2. The fraction of sp³-hybridized carbons (Fsp3) is 0.263. The number of ether oxygens (including phenoxy) is 2. The van der Waals surface area contributed by atoms with E-state index in [9.17, 15) is 14.9 Å². The zero-order chi connectivity index (χ0) is 20.5. The topological polar surface area (TPSA) is 98.0 Å². The molecular weight excluding hydrogens is 396 g/mol. The van der Waals surface area contributed by atoms with E-state index in [1.165, 1.54) is 34.4 Å². The summed E-state index contributed by atoms with van der Waals surface area (Å²) in [5.41, 5.74) is 0.485. The first-order chi connectivity index (χ1) is 13.9. The van der Waals surface area contributed by atoms with Gasteiger partial charge in [-0.25, -0.2) is 4.98 Å². The van der Waals surface area contributed by atoms with Crippen LogP contribution in [0.3, 0.4) is 0 Å². The van der Waals surface area contributed by atoms with Crippen LogP contribution in [0.4, 0.5) is 10.8 Å². The fourth-order valence-corrected chi connectivity index (χ4v) is 3.96. The molecule has 10 heteroatoms. The number of anilines is 1. The lowest BCUT2D eigenvalue weighted by Crippen LogP contribution is -2.37. The van der Waals surface area contributed by atoms with Crippen LogP contribution in [0.25, 0.3) is 10.2 Å². The summed E-state index contributed by atoms with van der Waals surface area (Å²) < 4.78 is 11.6. The van der Waals surface area contributed by atoms with E-state index in [1.807, 2.05) is 25.1 Å². The van der Waals surface area contributed by atoms with Crippen LogP contribution >= 0.6 is 11.3 Å². The van der Waals surface area contributed by atoms with Gasteiger partial charge in [-0.2, -0.15) is 0 Å². The molecule has 0 N–H and O–H groups in total. The summed E-state index contributed by atoms with van der Waals surface area (Å²) in [5, 5.41) is 11.9. The summed E-state index contributed by atoms with van der Waals surface area (Å²) in [6.07, 6.45) is 0. The third kappa shape index (κ3) is 3.71. The maximum Gasteiger partial charge on any atom is 0.282 e. The summed E-state index contributed by atoms with van der Waals surface area (Å²) in [7, 11) is 3.79. The van der Waals surface area contributed by atoms with Gasteiger partial charge < -0.3 is 14.4 Å². The molecule has 0 aliphatic carbocycles. The van der Waals surface area contributed by atoms with Crippen molar-refractivity contribution in [3.8, 4) is 11.5 Å². The smallest absolute Gasteiger partial charge is 0.282 e. The molecule has 3 aromatic rings. The first-order valence-corrected chi connectivity index (χ1v) is 9.66. The van der Waals surface area contributed by atoms with Crippen molar-refractivity contribution in [2.45, 2.75) is 0 Å². The van der Waals surface area contributed by atoms with Crippen LogP contribution in [0.15, 0.2) is 36.4 Å². The Morgan fingerprint density at radius 2 is 1.93 bits per heavy atom. The first kappa shape index (κ1) is 19.1. The van der Waals surface area contributed by atoms with Gasteiger partial charge >= 0.3 is 0 Å². The predicted octanol–water partition coefficient (Wildman–Crippen LogP) is 3.14. The third-order valence-electron chi connectivity index (χ3n) is 4.45. The highest BCUT2D eigenvalue weighted by molar-refractivity contribution is 7.22. The molecule has 2 heterocycles. The van der Waals surface area contributed by atoms with Crippen LogP contribution in [0, 0.1) is 10.1 Å². The molecule has 0 radical (unpaired) electrons. The maximum absolute atomic E-state index is 13.3. The molecule has 2 aromatic carbocycles. The van der Waals surface area contributed by atoms with Crippen molar-refractivity contribution in [3.63, 3.8) is 0 Å². The maximum atomic E-state index is 13.3. The summed E-state index contributed by atoms with van der Waals surface area (Å²) in [5.74, 6) is 0.787. The number of benzene rings is 2. The van der Waals surface area contributed by atoms with Crippen LogP contribution in [0.1, 0.15) is 10.4 Å². The largest absolute Gasteiger partial charge is 0.454 e. The van der Waals surface area contributed by atoms with Gasteiger partial charge in [-0.15, -0.1) is 0 Å². The van der Waals surface area contributed by atoms with E-state index in [0.29, 0.717) is 35.2 Å². The molecule has 0 unspecified atom stereocenters. The van der Waals surface area contributed by atoms with Gasteiger partial charge in [0.05, 0.1) is 15.1 Å². The molecule has 0 saturated heterocycles. The molecule has 0 fully saturated rings. The number of carbonyl (C=O) groups is 1. The lowest BCUT2D eigenvalue weighted by Gasteiger charge is -2.21. The second kappa shape index (κ2) is 7.64. The van der Waals surface area contributed by atoms with Gasteiger partial charge in [0.25, 0.3) is 11.6 Å². The molecule has 1 aliphatic rings. The highest BCUT2D eigenvalue weighted by Gasteiger charge is 2.28. The average molecular weight is 414 g/mol. The summed E-state index contributed by atoms with van der Waals surface area (Å²) >= 11 is 1.33. The molecule has 9 nitrogen and oxygen atoms in total. The van der Waals surface area contributed by atoms with Crippen LogP contribution in [-0.2, 0) is 0 Å². The Hall–Kier alpha value is -3.24. The Morgan fingerprint density at radius 1 is 1.21 bits per heavy atom. The van der Waals surface area contributed by atoms with E-state index >= 15 is 0 Å². The molecule has 0 atom stereocenters. The van der Waals surface area contributed by atoms with Crippen molar-refractivity contribution in [1.82, 2.24) is 9.88 Å². The zero-order valence-corrected chi connectivity index (χ0v) is 16.6. The summed E-state index contributed by atoms with van der Waals surface area (Å²) in [4.78, 5) is 32.1. The molecule has 1 amide bonds. The average Bonchev–Trinajstić information content (AvgIpc) is 3.31. The number of nitro groups is 1. The van der Waals surface area contributed by atoms with Gasteiger partial charge in [-0.1, -0.05) is 23.5 Å². The van der Waals surface area contributed by atoms with Gasteiger partial charge in [-0.3, -0.25) is 19.8 Å². The normalized spacial score (nSPS) is 12.5. The minimum atomic E-state index is -0.547. The van der Waals surface area contributed by atoms with Crippen molar-refractivity contribution in [2.75, 3.05) is 38.9 Å². The van der Waals surface area contributed by atoms with E-state index < -0.39 is 10.8 Å². The SMILES string of the molecule is CN(C)CCN(C(=O)c1ccccc1[N+](=O)[O-])c1nc2cc3c(cc2s1)OCO3. The second-order valence-electron chi connectivity index (χ2n) is 6.70. The third-order valence-corrected chi connectivity index (χ3v) is 5.49. The molecule has 0 spiro atoms. The number of carbonyl (C=O) groups excluding carboxylic acids is 1. The van der Waals surface area contributed by atoms with Crippen molar-refractivity contribution >= 4 is 38.3 Å². The highest BCUT2D eigenvalue weighted by Crippen LogP contribution is 2.40. The molecule has 1 aromatic heterocycles. The molecule has 29 heavy (non-hydrogen) atoms. The molecule has 4 rings (SSSR count). The Bertz CT molecular complexity index is 1060. The van der Waals surface area contributed by atoms with E-state index in [4.69, 9.17) is 9.47 Å². The Kier molecular flexibility index (Phi) is 5.03. The number of hydrogen-bond donors (Lipinski definition) is 0. The summed E-state index contributed by atoms with van der Waals surface area (Å²) in [6.45, 7) is 1.08. The van der Waals surface area contributed by atoms with Gasteiger partial charge in [0, 0.05) is 31.3 Å². The van der Waals surface area contributed by atoms with Crippen molar-refractivity contribution in [3.05, 3.63) is 52.1 Å². The Balaban J connectivity index is 1.75. The minimum Gasteiger partial charge on any atom is -0.454 e. The Labute approximate surface area is 170 Å². The second-order valence-corrected chi connectivity index (χ2v) is 7.71. The van der Waals surface area contributed by atoms with Crippen LogP contribution < -0.4 is 14.4 Å². The van der Waals surface area contributed by atoms with Gasteiger partial charge in [0.1, 0.15) is 5.56 Å². The highest BCUT2D eigenvalue weighted by atomic mass is 32.1. The molecular formula is C19H18N4O5S. The number of aromatic nitrogens is 1. The number of likely N-dealkylation sites (N-methyl/N-ethyl adjacent to an activating group) is 1. The van der Waals surface area contributed by atoms with Crippen LogP contribution in [-0.4, -0.2) is 54.7 Å². The van der Waals surface area contributed by atoms with Crippen molar-refractivity contribution < 1.29 is 19.2 Å². The van der Waals surface area contributed by atoms with E-state index in [-0.39, 0.29) is 18.0 Å². The number of para-hydroxylation sites is 1. The van der Waals surface area contributed by atoms with Gasteiger partial charge in [-0.05, 0) is 20.2 Å². The van der Waals surface area contributed by atoms with Gasteiger partial charge in [0.15, 0.2) is 16.6 Å². The lowest BCUT2D eigenvalue weighted by molar-refractivity contribution is -0.385. The first-order valence-electron chi connectivity index (χ1n) is 8.84. The van der Waals surface area contributed by atoms with Crippen molar-refractivity contribution in [2.24, 2.45) is 0 Å². The fourth-order valence-electron chi connectivity index (χ4n) is 2.96. The molecule has 150 valence electrons. The molecule has 1 aliphatic heterocycles. The number of nitro benzene ring substituents is 1. The van der Waals surface area contributed by atoms with E-state index in [1.54, 1.807) is 12.1 Å². The molecule has 0 saturated carbocycles. The minimum absolute atomic E-state index is 0.0321. The van der Waals surface area contributed by atoms with Gasteiger partial charge in [0.2, 0.25) is 6.79 Å². The lowest BCUT2D eigenvalue weighted by atomic mass is 10.1. The number of hydrogen-bond acceptors (Lipinski definition) is 8. The quantitative estimate of drug-likeness (QED) is 0.451. The standard InChI is InChI=1S/C19H18N4O5S/c1-21(2)7-8-22(18(24)12-5-3-4-6-14(12)23(25)26)19-20-13-9-15-16(28-11-27-15)10-17(13)29-19/h3-6,9-10H,7-8,11H2,1-2H3. The Morgan fingerprint density at radius 3 is 2.66 bits per heavy atom. The number of nitrogens with zero attached hydrogens (tertiary/aromatic N) is 4. The van der Waals surface area contributed by atoms with E-state index in [0.717, 1.165) is 4.70 Å². The van der Waals surface area contributed by atoms with Crippen molar-refractivity contribution in [1.29, 1.82) is 0 Å². The van der Waals surface area contributed by atoms with E-state index in [2.05, 4.69) is 4.98 Å². The zero-order valence-electron chi connectivity index (χ0n) is 15.8.